The molecule has 0 aliphatic rings. The van der Waals surface area contributed by atoms with Crippen LogP contribution in [-0.4, -0.2) is 19.7 Å². The predicted molar refractivity (Wildman–Crippen MR) is 81.7 cm³/mol. The minimum atomic E-state index is 0.365. The SMILES string of the molecule is Cc1nc(=S)nc(C)c2c(C)n(-c3ccccc3)nc12. The predicted octanol–water partition coefficient (Wildman–Crippen LogP) is 3.47. The van der Waals surface area contributed by atoms with E-state index in [0.717, 1.165) is 33.7 Å². The van der Waals surface area contributed by atoms with Gasteiger partial charge in [-0.2, -0.15) is 5.10 Å². The summed E-state index contributed by atoms with van der Waals surface area (Å²) in [5, 5.41) is 5.71. The molecule has 0 spiro atoms. The molecule has 0 aliphatic heterocycles. The fourth-order valence-electron chi connectivity index (χ4n) is 2.43. The summed E-state index contributed by atoms with van der Waals surface area (Å²) in [6.45, 7) is 5.91. The molecular weight excluding hydrogens is 268 g/mol. The van der Waals surface area contributed by atoms with Crippen LogP contribution in [0.25, 0.3) is 16.6 Å². The van der Waals surface area contributed by atoms with Crippen molar-refractivity contribution in [2.45, 2.75) is 20.8 Å². The van der Waals surface area contributed by atoms with Gasteiger partial charge in [-0.05, 0) is 45.1 Å². The summed E-state index contributed by atoms with van der Waals surface area (Å²) in [7, 11) is 0. The Morgan fingerprint density at radius 1 is 0.950 bits per heavy atom. The Labute approximate surface area is 122 Å². The van der Waals surface area contributed by atoms with Gasteiger partial charge < -0.3 is 0 Å². The number of nitrogens with zero attached hydrogens (tertiary/aromatic N) is 4. The summed E-state index contributed by atoms with van der Waals surface area (Å²) >= 11 is 5.12. The van der Waals surface area contributed by atoms with Crippen LogP contribution in [0.3, 0.4) is 0 Å². The number of benzene rings is 1. The number of hydrogen-bond donors (Lipinski definition) is 0. The van der Waals surface area contributed by atoms with Crippen molar-refractivity contribution < 1.29 is 0 Å². The monoisotopic (exact) mass is 282 g/mol. The molecule has 100 valence electrons. The molecule has 3 rings (SSSR count). The molecule has 0 saturated carbocycles. The molecule has 2 aromatic heterocycles. The van der Waals surface area contributed by atoms with Crippen LogP contribution < -0.4 is 0 Å². The third-order valence-electron chi connectivity index (χ3n) is 3.35. The Hall–Kier alpha value is -2.14. The minimum Gasteiger partial charge on any atom is -0.237 e. The maximum absolute atomic E-state index is 5.12. The number of fused-ring (bicyclic) bond motifs is 1. The van der Waals surface area contributed by atoms with Crippen LogP contribution in [0.15, 0.2) is 30.3 Å². The van der Waals surface area contributed by atoms with E-state index in [2.05, 4.69) is 9.97 Å². The maximum atomic E-state index is 5.12. The summed E-state index contributed by atoms with van der Waals surface area (Å²) in [4.78, 5) is 8.64. The van der Waals surface area contributed by atoms with E-state index in [9.17, 15) is 0 Å². The molecule has 0 radical (unpaired) electrons. The van der Waals surface area contributed by atoms with Gasteiger partial charge in [0.05, 0.1) is 22.8 Å². The topological polar surface area (TPSA) is 43.6 Å². The van der Waals surface area contributed by atoms with Gasteiger partial charge in [-0.1, -0.05) is 18.2 Å². The number of aromatic nitrogens is 4. The summed E-state index contributed by atoms with van der Waals surface area (Å²) in [5.41, 5.74) is 4.61. The van der Waals surface area contributed by atoms with Crippen LogP contribution in [0, 0.1) is 25.5 Å². The van der Waals surface area contributed by atoms with Crippen molar-refractivity contribution in [2.24, 2.45) is 0 Å². The van der Waals surface area contributed by atoms with Crippen LogP contribution >= 0.6 is 12.2 Å². The fraction of sp³-hybridized carbons (Fsp3) is 0.200. The summed E-state index contributed by atoms with van der Waals surface area (Å²) < 4.78 is 2.29. The fourth-order valence-corrected chi connectivity index (χ4v) is 2.70. The van der Waals surface area contributed by atoms with E-state index in [1.54, 1.807) is 0 Å². The smallest absolute Gasteiger partial charge is 0.219 e. The molecule has 0 atom stereocenters. The molecular formula is C15H14N4S. The van der Waals surface area contributed by atoms with E-state index in [4.69, 9.17) is 17.3 Å². The molecule has 0 bridgehead atoms. The molecule has 0 aliphatic carbocycles. The van der Waals surface area contributed by atoms with E-state index < -0.39 is 0 Å². The van der Waals surface area contributed by atoms with Gasteiger partial charge in [0.25, 0.3) is 0 Å². The second kappa shape index (κ2) is 4.76. The van der Waals surface area contributed by atoms with E-state index in [1.165, 1.54) is 0 Å². The van der Waals surface area contributed by atoms with Gasteiger partial charge in [0, 0.05) is 5.39 Å². The molecule has 0 unspecified atom stereocenters. The Kier molecular flexibility index (Phi) is 3.06. The Morgan fingerprint density at radius 2 is 1.60 bits per heavy atom. The number of para-hydroxylation sites is 1. The second-order valence-corrected chi connectivity index (χ2v) is 5.10. The largest absolute Gasteiger partial charge is 0.237 e. The van der Waals surface area contributed by atoms with Crippen molar-refractivity contribution in [1.82, 2.24) is 19.7 Å². The molecule has 0 N–H and O–H groups in total. The molecule has 2 heterocycles. The summed E-state index contributed by atoms with van der Waals surface area (Å²) in [6.07, 6.45) is 0. The van der Waals surface area contributed by atoms with Gasteiger partial charge in [0.15, 0.2) is 0 Å². The van der Waals surface area contributed by atoms with Gasteiger partial charge >= 0.3 is 0 Å². The van der Waals surface area contributed by atoms with Gasteiger partial charge in [0.2, 0.25) is 4.77 Å². The number of hydrogen-bond acceptors (Lipinski definition) is 4. The minimum absolute atomic E-state index is 0.365. The highest BCUT2D eigenvalue weighted by Gasteiger charge is 2.13. The van der Waals surface area contributed by atoms with Crippen molar-refractivity contribution in [3.63, 3.8) is 0 Å². The van der Waals surface area contributed by atoms with E-state index in [-0.39, 0.29) is 0 Å². The molecule has 0 saturated heterocycles. The van der Waals surface area contributed by atoms with Crippen molar-refractivity contribution in [1.29, 1.82) is 0 Å². The average Bonchev–Trinajstić information content (AvgIpc) is 2.72. The zero-order chi connectivity index (χ0) is 14.3. The lowest BCUT2D eigenvalue weighted by Crippen LogP contribution is -1.98. The lowest BCUT2D eigenvalue weighted by atomic mass is 10.2. The molecule has 0 amide bonds. The highest BCUT2D eigenvalue weighted by molar-refractivity contribution is 7.71. The van der Waals surface area contributed by atoms with Gasteiger partial charge in [0.1, 0.15) is 5.52 Å². The van der Waals surface area contributed by atoms with Gasteiger partial charge in [-0.3, -0.25) is 0 Å². The summed E-state index contributed by atoms with van der Waals surface area (Å²) in [5.74, 6) is 0. The molecule has 5 heteroatoms. The highest BCUT2D eigenvalue weighted by Crippen LogP contribution is 2.23. The van der Waals surface area contributed by atoms with Gasteiger partial charge in [-0.25, -0.2) is 14.6 Å². The zero-order valence-corrected chi connectivity index (χ0v) is 12.4. The van der Waals surface area contributed by atoms with Crippen LogP contribution in [-0.2, 0) is 0 Å². The van der Waals surface area contributed by atoms with Crippen LogP contribution in [0.2, 0.25) is 0 Å². The molecule has 4 nitrogen and oxygen atoms in total. The van der Waals surface area contributed by atoms with E-state index in [1.807, 2.05) is 55.8 Å². The molecule has 20 heavy (non-hydrogen) atoms. The molecule has 0 fully saturated rings. The molecule has 1 aromatic carbocycles. The first-order valence-electron chi connectivity index (χ1n) is 6.38. The average molecular weight is 282 g/mol. The van der Waals surface area contributed by atoms with Crippen molar-refractivity contribution in [2.75, 3.05) is 0 Å². The third kappa shape index (κ3) is 2.00. The van der Waals surface area contributed by atoms with Crippen LogP contribution in [0.4, 0.5) is 0 Å². The number of rotatable bonds is 1. The van der Waals surface area contributed by atoms with Gasteiger partial charge in [-0.15, -0.1) is 0 Å². The highest BCUT2D eigenvalue weighted by atomic mass is 32.1. The van der Waals surface area contributed by atoms with E-state index >= 15 is 0 Å². The lowest BCUT2D eigenvalue weighted by molar-refractivity contribution is 0.857. The van der Waals surface area contributed by atoms with Crippen molar-refractivity contribution >= 4 is 23.1 Å². The summed E-state index contributed by atoms with van der Waals surface area (Å²) in [6, 6.07) is 10.0. The van der Waals surface area contributed by atoms with Crippen molar-refractivity contribution in [3.8, 4) is 5.69 Å². The van der Waals surface area contributed by atoms with E-state index in [0.29, 0.717) is 4.77 Å². The standard InChI is InChI=1S/C15H14N4S/c1-9-13-11(3)19(12-7-5-4-6-8-12)18-14(13)10(2)17-15(20)16-9/h4-8H,1-3H3. The first-order valence-corrected chi connectivity index (χ1v) is 6.79. The quantitative estimate of drug-likeness (QED) is 0.641. The zero-order valence-electron chi connectivity index (χ0n) is 11.6. The third-order valence-corrected chi connectivity index (χ3v) is 3.53. The number of aryl methyl sites for hydroxylation is 3. The Morgan fingerprint density at radius 3 is 2.30 bits per heavy atom. The van der Waals surface area contributed by atoms with Crippen LogP contribution in [0.1, 0.15) is 17.1 Å². The first kappa shape index (κ1) is 12.9. The first-order chi connectivity index (χ1) is 9.58. The van der Waals surface area contributed by atoms with Crippen LogP contribution in [0.5, 0.6) is 0 Å². The Bertz CT molecular complexity index is 853. The second-order valence-electron chi connectivity index (χ2n) is 4.73. The lowest BCUT2D eigenvalue weighted by Gasteiger charge is -2.03. The van der Waals surface area contributed by atoms with Crippen molar-refractivity contribution in [3.05, 3.63) is 52.2 Å². The Balaban J connectivity index is 2.44. The normalized spacial score (nSPS) is 10.9. The molecule has 3 aromatic rings. The maximum Gasteiger partial charge on any atom is 0.219 e.